The maximum atomic E-state index is 11.1. The van der Waals surface area contributed by atoms with E-state index in [1.54, 1.807) is 0 Å². The molecule has 1 heterocycles. The second-order valence-corrected chi connectivity index (χ2v) is 4.83. The average Bonchev–Trinajstić information content (AvgIpc) is 2.54. The highest BCUT2D eigenvalue weighted by atomic mass is 16.5. The van der Waals surface area contributed by atoms with E-state index >= 15 is 0 Å². The van der Waals surface area contributed by atoms with Gasteiger partial charge in [-0.3, -0.25) is 9.59 Å². The molecule has 1 aliphatic heterocycles. The number of hydrogen-bond acceptors (Lipinski definition) is 4. The fourth-order valence-electron chi connectivity index (χ4n) is 1.99. The first kappa shape index (κ1) is 17.2. The third-order valence-corrected chi connectivity index (χ3v) is 3.14. The highest BCUT2D eigenvalue weighted by Gasteiger charge is 2.19. The molecule has 5 nitrogen and oxygen atoms in total. The summed E-state index contributed by atoms with van der Waals surface area (Å²) >= 11 is 0. The van der Waals surface area contributed by atoms with Crippen molar-refractivity contribution in [2.24, 2.45) is 0 Å². The highest BCUT2D eigenvalue weighted by molar-refractivity contribution is 5.82. The summed E-state index contributed by atoms with van der Waals surface area (Å²) in [6.45, 7) is 4.65. The molecule has 1 aliphatic rings. The number of carbonyl (C=O) groups excluding carboxylic acids is 2. The molecule has 0 saturated carbocycles. The summed E-state index contributed by atoms with van der Waals surface area (Å²) in [5, 5.41) is 6.03. The molecular weight excluding hydrogens is 268 g/mol. The predicted molar refractivity (Wildman–Crippen MR) is 81.6 cm³/mol. The minimum absolute atomic E-state index is 0.0729. The van der Waals surface area contributed by atoms with E-state index in [9.17, 15) is 9.59 Å². The minimum atomic E-state index is 0.0729. The smallest absolute Gasteiger partial charge is 0.293 e. The molecule has 1 aromatic carbocycles. The molecular formula is C16H24N2O3. The van der Waals surface area contributed by atoms with E-state index in [-0.39, 0.29) is 11.9 Å². The molecule has 5 heteroatoms. The van der Waals surface area contributed by atoms with Crippen LogP contribution in [0.25, 0.3) is 0 Å². The molecule has 2 N–H and O–H groups in total. The zero-order valence-corrected chi connectivity index (χ0v) is 12.5. The molecule has 1 fully saturated rings. The zero-order valence-electron chi connectivity index (χ0n) is 12.5. The molecule has 0 aliphatic carbocycles. The Labute approximate surface area is 126 Å². The summed E-state index contributed by atoms with van der Waals surface area (Å²) in [6, 6.07) is 9.62. The van der Waals surface area contributed by atoms with Crippen LogP contribution in [0.3, 0.4) is 0 Å². The number of unbranched alkanes of at least 4 members (excludes halogenated alkanes) is 1. The first-order valence-corrected chi connectivity index (χ1v) is 7.38. The Bertz CT molecular complexity index is 409. The van der Waals surface area contributed by atoms with Crippen LogP contribution in [0.15, 0.2) is 30.3 Å². The maximum Gasteiger partial charge on any atom is 0.293 e. The van der Waals surface area contributed by atoms with E-state index in [1.807, 2.05) is 30.3 Å². The Kier molecular flexibility index (Phi) is 8.88. The molecule has 0 aromatic heterocycles. The number of piperazine rings is 1. The van der Waals surface area contributed by atoms with E-state index in [2.05, 4.69) is 22.3 Å². The van der Waals surface area contributed by atoms with Crippen molar-refractivity contribution < 1.29 is 14.3 Å². The molecule has 1 saturated heterocycles. The number of nitrogens with one attached hydrogen (secondary N) is 2. The monoisotopic (exact) mass is 292 g/mol. The van der Waals surface area contributed by atoms with Crippen molar-refractivity contribution in [2.75, 3.05) is 13.1 Å². The lowest BCUT2D eigenvalue weighted by atomic mass is 10.1. The summed E-state index contributed by atoms with van der Waals surface area (Å²) in [5.74, 6) is 0.171. The molecule has 2 rings (SSSR count). The Balaban J connectivity index is 0.000000211. The van der Waals surface area contributed by atoms with Crippen molar-refractivity contribution in [1.82, 2.24) is 10.6 Å². The summed E-state index contributed by atoms with van der Waals surface area (Å²) in [5.41, 5.74) is 1.01. The van der Waals surface area contributed by atoms with E-state index in [4.69, 9.17) is 0 Å². The van der Waals surface area contributed by atoms with Crippen LogP contribution in [-0.4, -0.2) is 31.5 Å². The van der Waals surface area contributed by atoms with Crippen molar-refractivity contribution in [2.45, 2.75) is 38.8 Å². The summed E-state index contributed by atoms with van der Waals surface area (Å²) < 4.78 is 4.54. The van der Waals surface area contributed by atoms with Gasteiger partial charge in [-0.25, -0.2) is 0 Å². The van der Waals surface area contributed by atoms with Gasteiger partial charge in [-0.05, 0) is 12.0 Å². The summed E-state index contributed by atoms with van der Waals surface area (Å²) in [7, 11) is 0. The van der Waals surface area contributed by atoms with Crippen LogP contribution >= 0.6 is 0 Å². The van der Waals surface area contributed by atoms with Gasteiger partial charge in [0.05, 0.1) is 6.04 Å². The van der Waals surface area contributed by atoms with Crippen LogP contribution < -0.4 is 10.6 Å². The average molecular weight is 292 g/mol. The Hall–Kier alpha value is -1.88. The predicted octanol–water partition coefficient (Wildman–Crippen LogP) is 1.62. The van der Waals surface area contributed by atoms with E-state index < -0.39 is 0 Å². The van der Waals surface area contributed by atoms with Crippen molar-refractivity contribution in [3.05, 3.63) is 35.9 Å². The van der Waals surface area contributed by atoms with Gasteiger partial charge < -0.3 is 15.4 Å². The van der Waals surface area contributed by atoms with Crippen LogP contribution in [0.1, 0.15) is 31.7 Å². The molecule has 0 radical (unpaired) electrons. The van der Waals surface area contributed by atoms with Gasteiger partial charge in [0, 0.05) is 13.1 Å². The van der Waals surface area contributed by atoms with Gasteiger partial charge in [0.2, 0.25) is 5.91 Å². The van der Waals surface area contributed by atoms with Gasteiger partial charge in [-0.15, -0.1) is 0 Å². The highest BCUT2D eigenvalue weighted by Crippen LogP contribution is 2.02. The molecule has 21 heavy (non-hydrogen) atoms. The second-order valence-electron chi connectivity index (χ2n) is 4.83. The first-order valence-electron chi connectivity index (χ1n) is 7.38. The SMILES string of the molecule is CCCCC1NCCNC1=O.O=COCc1ccccc1. The number of ether oxygens (including phenoxy) is 1. The molecule has 1 atom stereocenters. The summed E-state index contributed by atoms with van der Waals surface area (Å²) in [6.07, 6.45) is 3.26. The van der Waals surface area contributed by atoms with Gasteiger partial charge in [0.15, 0.2) is 0 Å². The van der Waals surface area contributed by atoms with Gasteiger partial charge in [0.25, 0.3) is 6.47 Å². The zero-order chi connectivity index (χ0) is 15.3. The van der Waals surface area contributed by atoms with Crippen LogP contribution in [0.5, 0.6) is 0 Å². The van der Waals surface area contributed by atoms with Gasteiger partial charge >= 0.3 is 0 Å². The second kappa shape index (κ2) is 10.9. The van der Waals surface area contributed by atoms with Crippen molar-refractivity contribution in [3.8, 4) is 0 Å². The lowest BCUT2D eigenvalue weighted by Crippen LogP contribution is -2.52. The van der Waals surface area contributed by atoms with Gasteiger partial charge in [-0.1, -0.05) is 50.1 Å². The number of rotatable bonds is 6. The Morgan fingerprint density at radius 2 is 2.05 bits per heavy atom. The van der Waals surface area contributed by atoms with Crippen LogP contribution in [0.4, 0.5) is 0 Å². The fraction of sp³-hybridized carbons (Fsp3) is 0.500. The number of hydrogen-bond donors (Lipinski definition) is 2. The molecule has 0 bridgehead atoms. The molecule has 1 amide bonds. The largest absolute Gasteiger partial charge is 0.463 e. The van der Waals surface area contributed by atoms with Crippen LogP contribution in [-0.2, 0) is 20.9 Å². The standard InChI is InChI=1S/C8H16N2O.C8H8O2/c1-2-3-4-7-8(11)10-6-5-9-7;9-7-10-6-8-4-2-1-3-5-8/h7,9H,2-6H2,1H3,(H,10,11);1-5,7H,6H2. The third-order valence-electron chi connectivity index (χ3n) is 3.14. The van der Waals surface area contributed by atoms with Crippen molar-refractivity contribution >= 4 is 12.4 Å². The lowest BCUT2D eigenvalue weighted by molar-refractivity contribution is -0.129. The quantitative estimate of drug-likeness (QED) is 0.782. The fourth-order valence-corrected chi connectivity index (χ4v) is 1.99. The molecule has 0 spiro atoms. The topological polar surface area (TPSA) is 67.4 Å². The van der Waals surface area contributed by atoms with E-state index in [1.165, 1.54) is 0 Å². The van der Waals surface area contributed by atoms with Gasteiger partial charge in [-0.2, -0.15) is 0 Å². The first-order chi connectivity index (χ1) is 10.3. The number of amides is 1. The van der Waals surface area contributed by atoms with Gasteiger partial charge in [0.1, 0.15) is 6.61 Å². The van der Waals surface area contributed by atoms with Crippen LogP contribution in [0.2, 0.25) is 0 Å². The number of carbonyl (C=O) groups is 2. The number of benzene rings is 1. The van der Waals surface area contributed by atoms with Crippen molar-refractivity contribution in [1.29, 1.82) is 0 Å². The Morgan fingerprint density at radius 3 is 2.67 bits per heavy atom. The minimum Gasteiger partial charge on any atom is -0.463 e. The normalized spacial score (nSPS) is 17.2. The lowest BCUT2D eigenvalue weighted by Gasteiger charge is -2.22. The summed E-state index contributed by atoms with van der Waals surface area (Å²) in [4.78, 5) is 20.9. The third kappa shape index (κ3) is 7.46. The van der Waals surface area contributed by atoms with E-state index in [0.29, 0.717) is 13.1 Å². The maximum absolute atomic E-state index is 11.1. The Morgan fingerprint density at radius 1 is 1.29 bits per heavy atom. The molecule has 116 valence electrons. The molecule has 1 unspecified atom stereocenters. The molecule has 1 aromatic rings. The van der Waals surface area contributed by atoms with Crippen molar-refractivity contribution in [3.63, 3.8) is 0 Å². The van der Waals surface area contributed by atoms with Crippen LogP contribution in [0, 0.1) is 0 Å². The van der Waals surface area contributed by atoms with E-state index in [0.717, 1.165) is 37.9 Å².